The van der Waals surface area contributed by atoms with Crippen molar-refractivity contribution in [2.24, 2.45) is 4.99 Å². The summed E-state index contributed by atoms with van der Waals surface area (Å²) < 4.78 is 3.47. The van der Waals surface area contributed by atoms with Crippen LogP contribution < -0.4 is 14.9 Å². The zero-order valence-corrected chi connectivity index (χ0v) is 23.5. The Morgan fingerprint density at radius 1 is 0.919 bits per heavy atom. The molecule has 3 nitrogen and oxygen atoms in total. The van der Waals surface area contributed by atoms with Crippen LogP contribution in [0.3, 0.4) is 0 Å². The van der Waals surface area contributed by atoms with Gasteiger partial charge in [-0.3, -0.25) is 9.36 Å². The molecule has 0 saturated carbocycles. The minimum Gasteiger partial charge on any atom is -0.272 e. The molecule has 1 aliphatic heterocycles. The van der Waals surface area contributed by atoms with Crippen LogP contribution in [0.4, 0.5) is 0 Å². The van der Waals surface area contributed by atoms with Crippen LogP contribution in [0.15, 0.2) is 104 Å². The SMILES string of the molecule is O=c1/c(=C\c2ccc(Br)cc2)sc2n1[C@H](c1ccccc1Cl)C1=C(N=2)/C(=C\c2ccccc2Cl)CCC1. The zero-order valence-electron chi connectivity index (χ0n) is 19.6. The van der Waals surface area contributed by atoms with Crippen molar-refractivity contribution in [3.05, 3.63) is 141 Å². The van der Waals surface area contributed by atoms with Gasteiger partial charge in [-0.25, -0.2) is 4.99 Å². The van der Waals surface area contributed by atoms with Crippen LogP contribution in [-0.4, -0.2) is 4.57 Å². The van der Waals surface area contributed by atoms with Crippen molar-refractivity contribution < 1.29 is 0 Å². The summed E-state index contributed by atoms with van der Waals surface area (Å²) >= 11 is 18.1. The van der Waals surface area contributed by atoms with Gasteiger partial charge in [-0.1, -0.05) is 99.0 Å². The largest absolute Gasteiger partial charge is 0.272 e. The number of benzene rings is 3. The number of rotatable bonds is 3. The van der Waals surface area contributed by atoms with Crippen LogP contribution in [0.25, 0.3) is 12.2 Å². The molecule has 2 aliphatic rings. The first-order valence-electron chi connectivity index (χ1n) is 12.0. The van der Waals surface area contributed by atoms with E-state index in [1.165, 1.54) is 11.3 Å². The first-order valence-corrected chi connectivity index (χ1v) is 14.4. The smallest absolute Gasteiger partial charge is 0.271 e. The van der Waals surface area contributed by atoms with Crippen molar-refractivity contribution in [3.63, 3.8) is 0 Å². The third kappa shape index (κ3) is 4.70. The molecule has 0 amide bonds. The number of allylic oxidation sites excluding steroid dienone is 2. The van der Waals surface area contributed by atoms with Crippen LogP contribution >= 0.6 is 50.5 Å². The van der Waals surface area contributed by atoms with Crippen LogP contribution in [0.5, 0.6) is 0 Å². The highest BCUT2D eigenvalue weighted by Crippen LogP contribution is 2.42. The van der Waals surface area contributed by atoms with Crippen molar-refractivity contribution in [2.75, 3.05) is 0 Å². The van der Waals surface area contributed by atoms with Crippen molar-refractivity contribution >= 4 is 62.6 Å². The van der Waals surface area contributed by atoms with E-state index in [-0.39, 0.29) is 11.6 Å². The lowest BCUT2D eigenvalue weighted by Crippen LogP contribution is -2.39. The van der Waals surface area contributed by atoms with E-state index in [2.05, 4.69) is 22.0 Å². The zero-order chi connectivity index (χ0) is 25.5. The van der Waals surface area contributed by atoms with Gasteiger partial charge in [-0.2, -0.15) is 0 Å². The Kier molecular flexibility index (Phi) is 6.80. The van der Waals surface area contributed by atoms with E-state index in [4.69, 9.17) is 28.2 Å². The number of hydrogen-bond donors (Lipinski definition) is 0. The van der Waals surface area contributed by atoms with Gasteiger partial charge in [-0.15, -0.1) is 0 Å². The molecular formula is C30H21BrCl2N2OS. The molecule has 0 spiro atoms. The van der Waals surface area contributed by atoms with Gasteiger partial charge in [0.2, 0.25) is 0 Å². The fourth-order valence-corrected chi connectivity index (χ4v) is 6.72. The van der Waals surface area contributed by atoms with E-state index < -0.39 is 0 Å². The van der Waals surface area contributed by atoms with E-state index in [0.29, 0.717) is 19.4 Å². The van der Waals surface area contributed by atoms with Gasteiger partial charge >= 0.3 is 0 Å². The Labute approximate surface area is 236 Å². The summed E-state index contributed by atoms with van der Waals surface area (Å²) in [5.41, 5.74) is 6.01. The van der Waals surface area contributed by atoms with Gasteiger partial charge in [0.1, 0.15) is 0 Å². The molecule has 6 rings (SSSR count). The first kappa shape index (κ1) is 24.6. The molecule has 0 bridgehead atoms. The van der Waals surface area contributed by atoms with Gasteiger partial charge in [0.05, 0.1) is 16.3 Å². The lowest BCUT2D eigenvalue weighted by molar-refractivity contribution is 0.553. The van der Waals surface area contributed by atoms with Gasteiger partial charge in [0.15, 0.2) is 4.80 Å². The Morgan fingerprint density at radius 3 is 2.41 bits per heavy atom. The van der Waals surface area contributed by atoms with Crippen molar-refractivity contribution in [3.8, 4) is 0 Å². The molecule has 1 atom stereocenters. The second kappa shape index (κ2) is 10.2. The molecule has 0 N–H and O–H groups in total. The Morgan fingerprint density at radius 2 is 1.65 bits per heavy atom. The van der Waals surface area contributed by atoms with Crippen molar-refractivity contribution in [1.29, 1.82) is 0 Å². The third-order valence-electron chi connectivity index (χ3n) is 6.74. The normalized spacial score (nSPS) is 18.5. The molecule has 7 heteroatoms. The summed E-state index contributed by atoms with van der Waals surface area (Å²) in [6, 6.07) is 23.3. The lowest BCUT2D eigenvalue weighted by Gasteiger charge is -2.31. The number of aromatic nitrogens is 1. The molecule has 3 aromatic carbocycles. The van der Waals surface area contributed by atoms with Gasteiger partial charge in [-0.05, 0) is 83.5 Å². The maximum atomic E-state index is 13.8. The Balaban J connectivity index is 1.60. The van der Waals surface area contributed by atoms with E-state index in [1.807, 2.05) is 83.4 Å². The quantitative estimate of drug-likeness (QED) is 0.237. The van der Waals surface area contributed by atoms with Crippen LogP contribution in [0, 0.1) is 0 Å². The van der Waals surface area contributed by atoms with E-state index in [1.54, 1.807) is 0 Å². The Hall–Kier alpha value is -2.70. The van der Waals surface area contributed by atoms with Crippen LogP contribution in [0.2, 0.25) is 10.0 Å². The van der Waals surface area contributed by atoms with E-state index in [9.17, 15) is 4.79 Å². The highest BCUT2D eigenvalue weighted by atomic mass is 79.9. The first-order chi connectivity index (χ1) is 18.0. The van der Waals surface area contributed by atoms with Gasteiger partial charge in [0.25, 0.3) is 5.56 Å². The number of halogens is 3. The van der Waals surface area contributed by atoms with E-state index in [0.717, 1.165) is 57.3 Å². The van der Waals surface area contributed by atoms with Crippen molar-refractivity contribution in [2.45, 2.75) is 25.3 Å². The maximum absolute atomic E-state index is 13.8. The summed E-state index contributed by atoms with van der Waals surface area (Å²) in [5.74, 6) is 0. The molecule has 0 saturated heterocycles. The monoisotopic (exact) mass is 606 g/mol. The fourth-order valence-electron chi connectivity index (χ4n) is 5.02. The molecule has 184 valence electrons. The topological polar surface area (TPSA) is 34.4 Å². The molecular weight excluding hydrogens is 587 g/mol. The van der Waals surface area contributed by atoms with Gasteiger partial charge in [0, 0.05) is 14.5 Å². The minimum absolute atomic E-state index is 0.0506. The van der Waals surface area contributed by atoms with Crippen LogP contribution in [0.1, 0.15) is 42.0 Å². The minimum atomic E-state index is -0.304. The third-order valence-corrected chi connectivity index (χ3v) is 8.94. The number of fused-ring (bicyclic) bond motifs is 1. The lowest BCUT2D eigenvalue weighted by atomic mass is 9.84. The molecule has 0 fully saturated rings. The summed E-state index contributed by atoms with van der Waals surface area (Å²) in [7, 11) is 0. The highest BCUT2D eigenvalue weighted by molar-refractivity contribution is 9.10. The number of hydrogen-bond acceptors (Lipinski definition) is 3. The van der Waals surface area contributed by atoms with Crippen LogP contribution in [-0.2, 0) is 0 Å². The molecule has 37 heavy (non-hydrogen) atoms. The average molecular weight is 608 g/mol. The van der Waals surface area contributed by atoms with Crippen molar-refractivity contribution in [1.82, 2.24) is 4.57 Å². The number of nitrogens with zero attached hydrogens (tertiary/aromatic N) is 2. The molecule has 1 aliphatic carbocycles. The molecule has 1 aromatic heterocycles. The predicted molar refractivity (Wildman–Crippen MR) is 157 cm³/mol. The molecule has 2 heterocycles. The second-order valence-corrected chi connectivity index (χ2v) is 11.8. The molecule has 0 radical (unpaired) electrons. The standard InChI is InChI=1S/C30H21BrCl2N2OS/c31-21-14-12-18(13-15-21)16-26-29(36)35-28(22-8-2-4-11-25(22)33)23-9-5-7-20(27(23)34-30(35)37-26)17-19-6-1-3-10-24(19)32/h1-4,6,8,10-17,28H,5,7,9H2/b20-17-,26-16+/t28-/m1/s1. The van der Waals surface area contributed by atoms with Gasteiger partial charge < -0.3 is 0 Å². The fraction of sp³-hybridized carbons (Fsp3) is 0.133. The Bertz CT molecular complexity index is 1770. The number of thiazole rings is 1. The molecule has 4 aromatic rings. The average Bonchev–Trinajstić information content (AvgIpc) is 3.21. The summed E-state index contributed by atoms with van der Waals surface area (Å²) in [6.45, 7) is 0. The summed E-state index contributed by atoms with van der Waals surface area (Å²) in [4.78, 5) is 19.6. The highest BCUT2D eigenvalue weighted by Gasteiger charge is 2.33. The summed E-state index contributed by atoms with van der Waals surface area (Å²) in [5, 5.41) is 1.35. The molecule has 0 unspecified atom stereocenters. The van der Waals surface area contributed by atoms with E-state index >= 15 is 0 Å². The maximum Gasteiger partial charge on any atom is 0.271 e. The second-order valence-electron chi connectivity index (χ2n) is 9.07. The summed E-state index contributed by atoms with van der Waals surface area (Å²) in [6.07, 6.45) is 6.79. The predicted octanol–water partition coefficient (Wildman–Crippen LogP) is 7.55.